The Morgan fingerprint density at radius 3 is 2.33 bits per heavy atom. The first kappa shape index (κ1) is 23.8. The van der Waals surface area contributed by atoms with Crippen molar-refractivity contribution in [2.45, 2.75) is 104 Å². The fourth-order valence-corrected chi connectivity index (χ4v) is 6.39. The summed E-state index contributed by atoms with van der Waals surface area (Å²) < 4.78 is 0. The minimum atomic E-state index is -0.674. The van der Waals surface area contributed by atoms with E-state index in [0.717, 1.165) is 0 Å². The zero-order valence-corrected chi connectivity index (χ0v) is 19.8. The molecule has 3 nitrogen and oxygen atoms in total. The molecule has 0 aromatic heterocycles. The van der Waals surface area contributed by atoms with Gasteiger partial charge in [0.1, 0.15) is 0 Å². The maximum Gasteiger partial charge on any atom is 0.0651 e. The lowest BCUT2D eigenvalue weighted by atomic mass is 9.61. The number of fused-ring (bicyclic) bond motifs is 1. The summed E-state index contributed by atoms with van der Waals surface area (Å²) in [5.41, 5.74) is 2.43. The lowest BCUT2D eigenvalue weighted by Gasteiger charge is -2.44. The first-order valence-electron chi connectivity index (χ1n) is 12.2. The number of allylic oxidation sites excluding steroid dienone is 4. The van der Waals surface area contributed by atoms with Crippen LogP contribution in [0.2, 0.25) is 0 Å². The average molecular weight is 417 g/mol. The third-order valence-electron chi connectivity index (χ3n) is 8.56. The second-order valence-corrected chi connectivity index (χ2v) is 11.3. The Morgan fingerprint density at radius 1 is 1.03 bits per heavy atom. The lowest BCUT2D eigenvalue weighted by Crippen LogP contribution is -2.35. The summed E-state index contributed by atoms with van der Waals surface area (Å²) >= 11 is 0. The summed E-state index contributed by atoms with van der Waals surface area (Å²) in [5.74, 6) is 2.00. The van der Waals surface area contributed by atoms with Gasteiger partial charge in [0, 0.05) is 5.92 Å². The van der Waals surface area contributed by atoms with Gasteiger partial charge in [-0.1, -0.05) is 56.2 Å². The molecule has 3 fully saturated rings. The second kappa shape index (κ2) is 9.30. The van der Waals surface area contributed by atoms with Crippen LogP contribution in [0.25, 0.3) is 0 Å². The van der Waals surface area contributed by atoms with Gasteiger partial charge in [0.25, 0.3) is 0 Å². The summed E-state index contributed by atoms with van der Waals surface area (Å²) in [7, 11) is 0. The van der Waals surface area contributed by atoms with Crippen molar-refractivity contribution in [3.05, 3.63) is 35.5 Å². The third kappa shape index (κ3) is 5.29. The van der Waals surface area contributed by atoms with E-state index in [9.17, 15) is 15.3 Å². The van der Waals surface area contributed by atoms with E-state index in [0.29, 0.717) is 42.4 Å². The predicted molar refractivity (Wildman–Crippen MR) is 124 cm³/mol. The smallest absolute Gasteiger partial charge is 0.0651 e. The molecule has 30 heavy (non-hydrogen) atoms. The fraction of sp³-hybridized carbons (Fsp3) is 0.778. The molecule has 0 unspecified atom stereocenters. The van der Waals surface area contributed by atoms with E-state index in [1.165, 1.54) is 37.7 Å². The van der Waals surface area contributed by atoms with Crippen molar-refractivity contribution in [2.24, 2.45) is 29.1 Å². The highest BCUT2D eigenvalue weighted by Crippen LogP contribution is 2.59. The van der Waals surface area contributed by atoms with E-state index < -0.39 is 17.8 Å². The number of hydrogen-bond donors (Lipinski definition) is 3. The van der Waals surface area contributed by atoms with Gasteiger partial charge in [-0.2, -0.15) is 0 Å². The van der Waals surface area contributed by atoms with Crippen molar-refractivity contribution in [2.75, 3.05) is 0 Å². The fourth-order valence-electron chi connectivity index (χ4n) is 6.39. The largest absolute Gasteiger partial charge is 0.393 e. The molecule has 0 spiro atoms. The monoisotopic (exact) mass is 416 g/mol. The number of rotatable bonds is 5. The Kier molecular flexibility index (Phi) is 7.37. The zero-order valence-electron chi connectivity index (χ0n) is 19.8. The van der Waals surface area contributed by atoms with Crippen LogP contribution in [0.5, 0.6) is 0 Å². The molecule has 0 amide bonds. The van der Waals surface area contributed by atoms with E-state index in [4.69, 9.17) is 0 Å². The minimum Gasteiger partial charge on any atom is -0.393 e. The maximum atomic E-state index is 10.2. The van der Waals surface area contributed by atoms with Crippen LogP contribution in [0.3, 0.4) is 0 Å². The van der Waals surface area contributed by atoms with Crippen LogP contribution < -0.4 is 0 Å². The van der Waals surface area contributed by atoms with Crippen molar-refractivity contribution in [3.63, 3.8) is 0 Å². The molecule has 0 aliphatic heterocycles. The van der Waals surface area contributed by atoms with Gasteiger partial charge in [-0.15, -0.1) is 0 Å². The van der Waals surface area contributed by atoms with E-state index >= 15 is 0 Å². The molecule has 3 aliphatic rings. The van der Waals surface area contributed by atoms with Crippen molar-refractivity contribution in [1.29, 1.82) is 0 Å². The molecular formula is C27H44O3. The number of aliphatic hydroxyl groups excluding tert-OH is 2. The molecule has 0 aromatic rings. The molecule has 3 aliphatic carbocycles. The van der Waals surface area contributed by atoms with Crippen molar-refractivity contribution in [1.82, 2.24) is 0 Å². The van der Waals surface area contributed by atoms with E-state index in [-0.39, 0.29) is 5.92 Å². The average Bonchev–Trinajstić information content (AvgIpc) is 3.00. The Morgan fingerprint density at radius 2 is 1.70 bits per heavy atom. The highest BCUT2D eigenvalue weighted by atomic mass is 16.3. The van der Waals surface area contributed by atoms with Crippen LogP contribution in [0.1, 0.15) is 86.0 Å². The van der Waals surface area contributed by atoms with E-state index in [2.05, 4.69) is 45.1 Å². The quantitative estimate of drug-likeness (QED) is 0.514. The summed E-state index contributed by atoms with van der Waals surface area (Å²) in [6.07, 6.45) is 16.5. The Bertz CT molecular complexity index is 671. The Labute approximate surface area is 184 Å². The molecule has 0 radical (unpaired) electrons. The Balaban J connectivity index is 1.73. The molecule has 0 aromatic carbocycles. The summed E-state index contributed by atoms with van der Waals surface area (Å²) in [6, 6.07) is 0. The SMILES string of the molecule is C[C@H](C=C[C@H](C)C(C)(C)O)[C@H]1CC[C@H]2C(=CC=C3C[C@@H](O)C[C@H](O)C3)CCC[C@]12C. The van der Waals surface area contributed by atoms with Crippen molar-refractivity contribution in [3.8, 4) is 0 Å². The summed E-state index contributed by atoms with van der Waals surface area (Å²) in [5, 5.41) is 30.2. The molecular weight excluding hydrogens is 372 g/mol. The van der Waals surface area contributed by atoms with Gasteiger partial charge in [-0.3, -0.25) is 0 Å². The topological polar surface area (TPSA) is 60.7 Å². The van der Waals surface area contributed by atoms with Crippen LogP contribution in [0.4, 0.5) is 0 Å². The molecule has 170 valence electrons. The number of hydrogen-bond acceptors (Lipinski definition) is 3. The minimum absolute atomic E-state index is 0.152. The number of aliphatic hydroxyl groups is 3. The highest BCUT2D eigenvalue weighted by Gasteiger charge is 2.50. The predicted octanol–water partition coefficient (Wildman–Crippen LogP) is 5.56. The van der Waals surface area contributed by atoms with Gasteiger partial charge in [0.2, 0.25) is 0 Å². The Hall–Kier alpha value is -0.900. The van der Waals surface area contributed by atoms with Gasteiger partial charge >= 0.3 is 0 Å². The molecule has 7 atom stereocenters. The molecule has 3 rings (SSSR count). The van der Waals surface area contributed by atoms with Crippen LogP contribution in [-0.2, 0) is 0 Å². The van der Waals surface area contributed by atoms with Gasteiger partial charge in [0.15, 0.2) is 0 Å². The van der Waals surface area contributed by atoms with Crippen LogP contribution in [-0.4, -0.2) is 33.1 Å². The van der Waals surface area contributed by atoms with Gasteiger partial charge in [-0.05, 0) is 88.4 Å². The molecule has 0 saturated heterocycles. The summed E-state index contributed by atoms with van der Waals surface area (Å²) in [6.45, 7) is 10.7. The van der Waals surface area contributed by atoms with Crippen molar-refractivity contribution >= 4 is 0 Å². The van der Waals surface area contributed by atoms with Crippen molar-refractivity contribution < 1.29 is 15.3 Å². The molecule has 3 saturated carbocycles. The molecule has 0 heterocycles. The molecule has 3 N–H and O–H groups in total. The molecule has 3 heteroatoms. The maximum absolute atomic E-state index is 10.2. The second-order valence-electron chi connectivity index (χ2n) is 11.3. The van der Waals surface area contributed by atoms with E-state index in [1.54, 1.807) is 5.57 Å². The lowest BCUT2D eigenvalue weighted by molar-refractivity contribution is 0.0436. The summed E-state index contributed by atoms with van der Waals surface area (Å²) in [4.78, 5) is 0. The van der Waals surface area contributed by atoms with E-state index in [1.807, 2.05) is 13.8 Å². The molecule has 0 bridgehead atoms. The first-order valence-corrected chi connectivity index (χ1v) is 12.2. The normalized spacial score (nSPS) is 38.7. The van der Waals surface area contributed by atoms with Gasteiger partial charge < -0.3 is 15.3 Å². The van der Waals surface area contributed by atoms with Crippen LogP contribution in [0.15, 0.2) is 35.5 Å². The van der Waals surface area contributed by atoms with Gasteiger partial charge in [0.05, 0.1) is 17.8 Å². The highest BCUT2D eigenvalue weighted by molar-refractivity contribution is 5.26. The van der Waals surface area contributed by atoms with Crippen LogP contribution >= 0.6 is 0 Å². The zero-order chi connectivity index (χ0) is 22.1. The van der Waals surface area contributed by atoms with Crippen LogP contribution in [0, 0.1) is 29.1 Å². The van der Waals surface area contributed by atoms with Gasteiger partial charge in [-0.25, -0.2) is 0 Å². The third-order valence-corrected chi connectivity index (χ3v) is 8.56. The standard InChI is InChI=1S/C27H44O3/c1-18(8-9-19(2)26(3,4)30)24-12-13-25-21(7-6-14-27(24,25)5)11-10-20-15-22(28)17-23(29)16-20/h8-11,18-19,22-25,28-30H,6-7,12-17H2,1-5H3/t18-,19+,22-,23-,24-,25+,27-/m1/s1. The first-order chi connectivity index (χ1) is 14.0.